The number of nitrogens with one attached hydrogen (secondary N) is 1. The molecule has 0 aromatic heterocycles. The van der Waals surface area contributed by atoms with E-state index in [9.17, 15) is 4.79 Å². The molecule has 0 amide bonds. The molecule has 0 aromatic carbocycles. The second-order valence-electron chi connectivity index (χ2n) is 11.8. The highest BCUT2D eigenvalue weighted by Gasteiger charge is 2.57. The molecule has 0 aromatic rings. The first-order chi connectivity index (χ1) is 14.4. The van der Waals surface area contributed by atoms with E-state index >= 15 is 0 Å². The summed E-state index contributed by atoms with van der Waals surface area (Å²) >= 11 is 0. The molecule has 3 heteroatoms. The number of piperidine rings is 1. The van der Waals surface area contributed by atoms with E-state index < -0.39 is 0 Å². The maximum absolute atomic E-state index is 12.1. The lowest BCUT2D eigenvalue weighted by molar-refractivity contribution is -0.116. The molecule has 2 heterocycles. The zero-order valence-corrected chi connectivity index (χ0v) is 19.1. The molecular weight excluding hydrogens is 370 g/mol. The zero-order valence-electron chi connectivity index (χ0n) is 19.1. The minimum Gasteiger partial charge on any atom is -0.369 e. The van der Waals surface area contributed by atoms with Crippen molar-refractivity contribution in [3.8, 4) is 0 Å². The van der Waals surface area contributed by atoms with Crippen molar-refractivity contribution in [1.82, 2.24) is 5.32 Å². The Hall–Kier alpha value is -0.930. The van der Waals surface area contributed by atoms with Crippen molar-refractivity contribution >= 4 is 5.78 Å². The summed E-state index contributed by atoms with van der Waals surface area (Å²) in [6.45, 7) is 8.54. The summed E-state index contributed by atoms with van der Waals surface area (Å²) in [7, 11) is 0. The van der Waals surface area contributed by atoms with Gasteiger partial charge in [0.15, 0.2) is 5.78 Å². The van der Waals surface area contributed by atoms with Crippen molar-refractivity contribution in [1.29, 1.82) is 0 Å². The quantitative estimate of drug-likeness (QED) is 0.548. The molecule has 3 nitrogen and oxygen atoms in total. The van der Waals surface area contributed by atoms with Crippen molar-refractivity contribution in [3.63, 3.8) is 0 Å². The van der Waals surface area contributed by atoms with E-state index in [2.05, 4.69) is 26.1 Å². The molecule has 30 heavy (non-hydrogen) atoms. The highest BCUT2D eigenvalue weighted by atomic mass is 16.5. The average Bonchev–Trinajstić information content (AvgIpc) is 3.19. The Bertz CT molecular complexity index is 827. The fourth-order valence-corrected chi connectivity index (χ4v) is 8.93. The van der Waals surface area contributed by atoms with Gasteiger partial charge in [-0.15, -0.1) is 0 Å². The first-order valence-electron chi connectivity index (χ1n) is 12.7. The lowest BCUT2D eigenvalue weighted by Crippen LogP contribution is -2.46. The molecule has 8 atom stereocenters. The van der Waals surface area contributed by atoms with Crippen LogP contribution in [-0.4, -0.2) is 30.1 Å². The minimum absolute atomic E-state index is 0.0600. The molecule has 6 rings (SSSR count). The van der Waals surface area contributed by atoms with Crippen LogP contribution >= 0.6 is 0 Å². The van der Waals surface area contributed by atoms with Crippen LogP contribution in [0.3, 0.4) is 0 Å². The smallest absolute Gasteiger partial charge is 0.155 e. The van der Waals surface area contributed by atoms with Crippen LogP contribution in [-0.2, 0) is 9.53 Å². The summed E-state index contributed by atoms with van der Waals surface area (Å²) in [5.41, 5.74) is 5.25. The molecule has 2 aliphatic heterocycles. The van der Waals surface area contributed by atoms with Gasteiger partial charge in [-0.25, -0.2) is 0 Å². The third-order valence-electron chi connectivity index (χ3n) is 10.6. The molecule has 164 valence electrons. The van der Waals surface area contributed by atoms with Crippen LogP contribution in [0.5, 0.6) is 0 Å². The van der Waals surface area contributed by atoms with Crippen molar-refractivity contribution < 1.29 is 9.53 Å². The lowest BCUT2D eigenvalue weighted by atomic mass is 9.56. The fraction of sp³-hybridized carbons (Fsp3) is 0.815. The summed E-state index contributed by atoms with van der Waals surface area (Å²) < 4.78 is 6.93. The van der Waals surface area contributed by atoms with E-state index in [0.29, 0.717) is 23.8 Å². The monoisotopic (exact) mass is 409 g/mol. The number of allylic oxidation sites excluding steroid dienone is 3. The van der Waals surface area contributed by atoms with Gasteiger partial charge in [0.1, 0.15) is 0 Å². The van der Waals surface area contributed by atoms with Gasteiger partial charge >= 0.3 is 0 Å². The van der Waals surface area contributed by atoms with E-state index in [1.54, 1.807) is 11.1 Å². The molecule has 1 spiro atoms. The Labute approximate surface area is 182 Å². The summed E-state index contributed by atoms with van der Waals surface area (Å²) in [6.07, 6.45) is 14.2. The second-order valence-corrected chi connectivity index (χ2v) is 11.8. The van der Waals surface area contributed by atoms with Gasteiger partial charge in [0.05, 0.1) is 11.7 Å². The van der Waals surface area contributed by atoms with Crippen LogP contribution in [0.1, 0.15) is 85.0 Å². The normalized spacial score (nSPS) is 50.5. The van der Waals surface area contributed by atoms with E-state index in [1.807, 2.05) is 6.08 Å². The third kappa shape index (κ3) is 2.67. The number of ether oxygens (including phenoxy) is 1. The Kier molecular flexibility index (Phi) is 4.46. The van der Waals surface area contributed by atoms with Gasteiger partial charge < -0.3 is 10.1 Å². The average molecular weight is 410 g/mol. The van der Waals surface area contributed by atoms with Crippen LogP contribution in [0.4, 0.5) is 0 Å². The maximum atomic E-state index is 12.1. The summed E-state index contributed by atoms with van der Waals surface area (Å²) in [4.78, 5) is 12.1. The van der Waals surface area contributed by atoms with Crippen LogP contribution in [0, 0.1) is 29.1 Å². The number of fused-ring (bicyclic) bond motifs is 6. The number of carbonyl (C=O) groups excluding carboxylic acids is 1. The van der Waals surface area contributed by atoms with Crippen molar-refractivity contribution in [2.75, 3.05) is 6.54 Å². The first-order valence-corrected chi connectivity index (χ1v) is 12.7. The highest BCUT2D eigenvalue weighted by molar-refractivity contribution is 5.91. The predicted molar refractivity (Wildman–Crippen MR) is 119 cm³/mol. The topological polar surface area (TPSA) is 38.3 Å². The van der Waals surface area contributed by atoms with Gasteiger partial charge in [0.2, 0.25) is 0 Å². The second kappa shape index (κ2) is 6.78. The predicted octanol–water partition coefficient (Wildman–Crippen LogP) is 5.35. The van der Waals surface area contributed by atoms with Crippen molar-refractivity contribution in [2.24, 2.45) is 29.1 Å². The van der Waals surface area contributed by atoms with Gasteiger partial charge in [0.25, 0.3) is 0 Å². The van der Waals surface area contributed by atoms with Crippen LogP contribution in [0.15, 0.2) is 22.8 Å². The molecule has 4 aliphatic carbocycles. The van der Waals surface area contributed by atoms with Crippen LogP contribution in [0.25, 0.3) is 0 Å². The molecule has 1 N–H and O–H groups in total. The SMILES string of the molecule is CC1=C2C[C@H]3[C@@H](CCC4=CC(=O)CC[C@@]43C)[C@@H]2CC[C@@]2(C1)O[C@@H]1CCCN[C@H]1[C@H]2C. The first kappa shape index (κ1) is 19.7. The molecular formula is C27H39NO2. The fourth-order valence-electron chi connectivity index (χ4n) is 8.93. The number of carbonyl (C=O) groups is 1. The van der Waals surface area contributed by atoms with Crippen molar-refractivity contribution in [2.45, 2.75) is 103 Å². The molecule has 6 aliphatic rings. The Morgan fingerprint density at radius 2 is 2.03 bits per heavy atom. The summed E-state index contributed by atoms with van der Waals surface area (Å²) in [5, 5.41) is 3.80. The highest BCUT2D eigenvalue weighted by Crippen LogP contribution is 2.64. The van der Waals surface area contributed by atoms with E-state index in [0.717, 1.165) is 50.0 Å². The largest absolute Gasteiger partial charge is 0.369 e. The lowest BCUT2D eigenvalue weighted by Gasteiger charge is -2.48. The molecule has 0 bridgehead atoms. The van der Waals surface area contributed by atoms with Crippen LogP contribution < -0.4 is 5.32 Å². The third-order valence-corrected chi connectivity index (χ3v) is 10.6. The molecule has 2 saturated carbocycles. The minimum atomic E-state index is 0.0600. The Morgan fingerprint density at radius 3 is 2.87 bits per heavy atom. The molecule has 2 saturated heterocycles. The van der Waals surface area contributed by atoms with Gasteiger partial charge in [-0.2, -0.15) is 0 Å². The summed E-state index contributed by atoms with van der Waals surface area (Å²) in [6, 6.07) is 0.559. The van der Waals surface area contributed by atoms with E-state index in [-0.39, 0.29) is 11.0 Å². The van der Waals surface area contributed by atoms with Gasteiger partial charge in [-0.05, 0) is 101 Å². The van der Waals surface area contributed by atoms with Gasteiger partial charge in [-0.1, -0.05) is 30.6 Å². The number of rotatable bonds is 0. The molecule has 0 unspecified atom stereocenters. The number of hydrogen-bond donors (Lipinski definition) is 1. The number of ketones is 1. The Morgan fingerprint density at radius 1 is 1.17 bits per heavy atom. The van der Waals surface area contributed by atoms with Gasteiger partial charge in [0, 0.05) is 18.4 Å². The summed E-state index contributed by atoms with van der Waals surface area (Å²) in [5.74, 6) is 3.30. The standard InChI is InChI=1S/C27H39NO2/c1-16-15-27(17(2)25-24(30-27)5-4-12-28-25)11-9-20-21-7-6-18-13-19(29)8-10-26(18,3)23(21)14-22(16)20/h13,17,20-21,23-25,28H,4-12,14-15H2,1-3H3/t17-,20+,21+,23+,24-,25+,26+,27+/m1/s1. The number of hydrogen-bond acceptors (Lipinski definition) is 3. The van der Waals surface area contributed by atoms with Gasteiger partial charge in [-0.3, -0.25) is 4.79 Å². The van der Waals surface area contributed by atoms with E-state index in [4.69, 9.17) is 4.74 Å². The van der Waals surface area contributed by atoms with E-state index in [1.165, 1.54) is 44.1 Å². The van der Waals surface area contributed by atoms with Crippen LogP contribution in [0.2, 0.25) is 0 Å². The molecule has 0 radical (unpaired) electrons. The maximum Gasteiger partial charge on any atom is 0.155 e. The van der Waals surface area contributed by atoms with Crippen molar-refractivity contribution in [3.05, 3.63) is 22.8 Å². The zero-order chi connectivity index (χ0) is 20.7. The molecule has 4 fully saturated rings. The Balaban J connectivity index is 1.31.